The van der Waals surface area contributed by atoms with E-state index in [-0.39, 0.29) is 1.43 Å². The van der Waals surface area contributed by atoms with Crippen molar-refractivity contribution in [3.63, 3.8) is 0 Å². The van der Waals surface area contributed by atoms with E-state index in [0.29, 0.717) is 0 Å². The van der Waals surface area contributed by atoms with Crippen molar-refractivity contribution in [1.82, 2.24) is 0 Å². The maximum atomic E-state index is 14.5. The zero-order valence-electron chi connectivity index (χ0n) is 17.4. The second kappa shape index (κ2) is 6.12. The maximum absolute atomic E-state index is 14.5. The average Bonchev–Trinajstić information content (AvgIpc) is 3.48. The Balaban J connectivity index is 0.00000294. The van der Waals surface area contributed by atoms with Crippen molar-refractivity contribution in [2.75, 3.05) is 0 Å². The van der Waals surface area contributed by atoms with Crippen LogP contribution in [0.2, 0.25) is 0 Å². The third-order valence-corrected chi connectivity index (χ3v) is 8.55. The van der Waals surface area contributed by atoms with Gasteiger partial charge in [0.25, 0.3) is 0 Å². The largest absolute Gasteiger partial charge is 1.00 e. The summed E-state index contributed by atoms with van der Waals surface area (Å²) in [6, 6.07) is 0. The Kier molecular flexibility index (Phi) is 3.88. The molecule has 0 aliphatic carbocycles. The van der Waals surface area contributed by atoms with Gasteiger partial charge in [0.15, 0.2) is 0 Å². The standard InChI is InChI=1S/C18F12O6P/c19-1-2(20)8(26)14-13(7(1)25)31-37(32-14,33-15-9(27)3(21)4(22)10(28)16(15)34-37)35-17-11(29)5(23)6(24)12(30)18(17)36-37/q-1/p+1. The summed E-state index contributed by atoms with van der Waals surface area (Å²) in [5.74, 6) is -42.8. The van der Waals surface area contributed by atoms with Crippen molar-refractivity contribution in [2.24, 2.45) is 0 Å². The molecule has 3 heterocycles. The number of rotatable bonds is 0. The Hall–Kier alpha value is -3.95. The Bertz CT molecular complexity index is 1360. The SMILES string of the molecule is Fc1c(F)c(F)c2c(c1F)O[P-]13(O2)(Oc2c(F)c(F)c(F)c(F)c2O1)Oc1c(F)c(F)c(F)c(F)c1O3.[H+]. The van der Waals surface area contributed by atoms with Crippen LogP contribution in [-0.2, 0) is 0 Å². The van der Waals surface area contributed by atoms with Crippen LogP contribution in [-0.4, -0.2) is 0 Å². The molecule has 6 rings (SSSR count). The van der Waals surface area contributed by atoms with Gasteiger partial charge in [0.1, 0.15) is 0 Å². The average molecular weight is 572 g/mol. The van der Waals surface area contributed by atoms with Gasteiger partial charge in [-0.05, 0) is 0 Å². The second-order valence-corrected chi connectivity index (χ2v) is 10.7. The Morgan fingerprint density at radius 2 is 0.405 bits per heavy atom. The van der Waals surface area contributed by atoms with Gasteiger partial charge < -0.3 is 0 Å². The maximum Gasteiger partial charge on any atom is 1.00 e. The molecule has 6 nitrogen and oxygen atoms in total. The molecular weight excluding hydrogens is 571 g/mol. The smallest absolute Gasteiger partial charge is 1.00 e. The van der Waals surface area contributed by atoms with Crippen LogP contribution >= 0.6 is 7.31 Å². The summed E-state index contributed by atoms with van der Waals surface area (Å²) in [5.41, 5.74) is 0. The van der Waals surface area contributed by atoms with E-state index in [1.807, 2.05) is 0 Å². The molecule has 19 heteroatoms. The van der Waals surface area contributed by atoms with E-state index in [1.165, 1.54) is 0 Å². The van der Waals surface area contributed by atoms with Gasteiger partial charge in [-0.15, -0.1) is 0 Å². The van der Waals surface area contributed by atoms with Crippen molar-refractivity contribution in [3.8, 4) is 34.5 Å². The molecule has 0 bridgehead atoms. The first-order valence-corrected chi connectivity index (χ1v) is 11.3. The van der Waals surface area contributed by atoms with Crippen molar-refractivity contribution in [3.05, 3.63) is 69.8 Å². The van der Waals surface area contributed by atoms with E-state index in [1.54, 1.807) is 0 Å². The van der Waals surface area contributed by atoms with Gasteiger partial charge in [-0.3, -0.25) is 0 Å². The Morgan fingerprint density at radius 1 is 0.270 bits per heavy atom. The molecule has 37 heavy (non-hydrogen) atoms. The van der Waals surface area contributed by atoms with Gasteiger partial charge in [0.2, 0.25) is 0 Å². The first-order valence-electron chi connectivity index (χ1n) is 9.09. The van der Waals surface area contributed by atoms with Crippen LogP contribution in [0.1, 0.15) is 1.43 Å². The van der Waals surface area contributed by atoms with E-state index >= 15 is 0 Å². The van der Waals surface area contributed by atoms with Crippen molar-refractivity contribution in [1.29, 1.82) is 0 Å². The van der Waals surface area contributed by atoms with Crippen LogP contribution in [0, 0.1) is 69.8 Å². The predicted molar refractivity (Wildman–Crippen MR) is 90.6 cm³/mol. The third-order valence-electron chi connectivity index (χ3n) is 5.21. The van der Waals surface area contributed by atoms with Gasteiger partial charge >= 0.3 is 193 Å². The fourth-order valence-corrected chi connectivity index (χ4v) is 7.43. The van der Waals surface area contributed by atoms with Crippen molar-refractivity contribution < 1.29 is 81.3 Å². The zero-order valence-corrected chi connectivity index (χ0v) is 17.3. The summed E-state index contributed by atoms with van der Waals surface area (Å²) in [5, 5.41) is 0. The van der Waals surface area contributed by atoms with Crippen LogP contribution in [0.15, 0.2) is 0 Å². The molecule has 0 N–H and O–H groups in total. The summed E-state index contributed by atoms with van der Waals surface area (Å²) in [6.45, 7) is 0. The fourth-order valence-electron chi connectivity index (χ4n) is 3.66. The molecule has 0 radical (unpaired) electrons. The van der Waals surface area contributed by atoms with Crippen LogP contribution in [0.3, 0.4) is 0 Å². The fraction of sp³-hybridized carbons (Fsp3) is 0. The first kappa shape index (κ1) is 23.4. The number of hydrogen-bond acceptors (Lipinski definition) is 6. The van der Waals surface area contributed by atoms with E-state index in [9.17, 15) is 52.7 Å². The summed E-state index contributed by atoms with van der Waals surface area (Å²) < 4.78 is 199. The summed E-state index contributed by atoms with van der Waals surface area (Å²) in [4.78, 5) is 0. The molecule has 0 atom stereocenters. The number of hydrogen-bond donors (Lipinski definition) is 0. The third kappa shape index (κ3) is 2.39. The van der Waals surface area contributed by atoms with E-state index < -0.39 is 112 Å². The van der Waals surface area contributed by atoms with Gasteiger partial charge in [-0.25, -0.2) is 0 Å². The minimum atomic E-state index is -8.39. The summed E-state index contributed by atoms with van der Waals surface area (Å²) in [6.07, 6.45) is 0. The zero-order chi connectivity index (χ0) is 27.0. The van der Waals surface area contributed by atoms with Gasteiger partial charge in [-0.1, -0.05) is 0 Å². The molecule has 0 saturated carbocycles. The molecule has 3 aromatic carbocycles. The quantitative estimate of drug-likeness (QED) is 0.129. The van der Waals surface area contributed by atoms with Gasteiger partial charge in [-0.2, -0.15) is 0 Å². The molecule has 3 aromatic rings. The Labute approximate surface area is 193 Å². The molecular formula is C18HF12O6P. The summed E-state index contributed by atoms with van der Waals surface area (Å²) >= 11 is 0. The number of benzene rings is 3. The molecule has 3 aliphatic rings. The predicted octanol–water partition coefficient (Wildman–Crippen LogP) is 6.76. The molecule has 3 aliphatic heterocycles. The van der Waals surface area contributed by atoms with E-state index in [2.05, 4.69) is 0 Å². The minimum Gasteiger partial charge on any atom is 1.00 e. The monoisotopic (exact) mass is 572 g/mol. The van der Waals surface area contributed by atoms with Crippen LogP contribution in [0.5, 0.6) is 34.5 Å². The Morgan fingerprint density at radius 3 is 0.541 bits per heavy atom. The summed E-state index contributed by atoms with van der Waals surface area (Å²) in [7, 11) is -8.39. The molecule has 0 saturated heterocycles. The topological polar surface area (TPSA) is 55.4 Å². The van der Waals surface area contributed by atoms with Crippen LogP contribution in [0.25, 0.3) is 0 Å². The van der Waals surface area contributed by atoms with Crippen LogP contribution in [0.4, 0.5) is 52.7 Å². The minimum absolute atomic E-state index is 0. The molecule has 0 amide bonds. The normalized spacial score (nSPS) is 20.1. The van der Waals surface area contributed by atoms with Crippen molar-refractivity contribution >= 4 is 7.31 Å². The number of fused-ring (bicyclic) bond motifs is 3. The second-order valence-electron chi connectivity index (χ2n) is 7.41. The molecule has 0 aromatic heterocycles. The van der Waals surface area contributed by atoms with E-state index in [4.69, 9.17) is 27.1 Å². The molecule has 198 valence electrons. The first-order chi connectivity index (χ1) is 17.1. The van der Waals surface area contributed by atoms with E-state index in [0.717, 1.165) is 0 Å². The van der Waals surface area contributed by atoms with Gasteiger partial charge in [0, 0.05) is 0 Å². The molecule has 1 spiro atoms. The molecule has 0 unspecified atom stereocenters. The molecule has 0 fully saturated rings. The van der Waals surface area contributed by atoms with Gasteiger partial charge in [0.05, 0.1) is 0 Å². The van der Waals surface area contributed by atoms with Crippen molar-refractivity contribution in [2.45, 2.75) is 0 Å². The number of halogens is 12. The van der Waals surface area contributed by atoms with Crippen LogP contribution < -0.4 is 27.1 Å².